The molecule has 4 unspecified atom stereocenters. The van der Waals surface area contributed by atoms with Crippen molar-refractivity contribution in [2.45, 2.75) is 51.7 Å². The van der Waals surface area contributed by atoms with Gasteiger partial charge >= 0.3 is 0 Å². The first-order valence-corrected chi connectivity index (χ1v) is 8.05. The zero-order valence-corrected chi connectivity index (χ0v) is 13.8. The summed E-state index contributed by atoms with van der Waals surface area (Å²) >= 11 is 6.25. The molecule has 20 heavy (non-hydrogen) atoms. The van der Waals surface area contributed by atoms with Crippen LogP contribution in [0.25, 0.3) is 0 Å². The third kappa shape index (κ3) is 3.97. The summed E-state index contributed by atoms with van der Waals surface area (Å²) in [5.74, 6) is 0.699. The van der Waals surface area contributed by atoms with Crippen molar-refractivity contribution < 1.29 is 0 Å². The first kappa shape index (κ1) is 15.8. The van der Waals surface area contributed by atoms with Gasteiger partial charge in [0, 0.05) is 29.7 Å². The monoisotopic (exact) mass is 294 g/mol. The molecular formula is C17H27ClN2. The lowest BCUT2D eigenvalue weighted by Crippen LogP contribution is -2.53. The summed E-state index contributed by atoms with van der Waals surface area (Å²) in [6, 6.07) is 9.89. The number of halogens is 1. The van der Waals surface area contributed by atoms with Gasteiger partial charge in [0.05, 0.1) is 0 Å². The summed E-state index contributed by atoms with van der Waals surface area (Å²) in [6.07, 6.45) is 2.22. The minimum absolute atomic E-state index is 0.456. The van der Waals surface area contributed by atoms with Crippen LogP contribution in [0, 0.1) is 5.92 Å². The fraction of sp³-hybridized carbons (Fsp3) is 0.647. The second-order valence-corrected chi connectivity index (χ2v) is 6.88. The fourth-order valence-electron chi connectivity index (χ4n) is 3.19. The third-order valence-corrected chi connectivity index (χ3v) is 4.96. The van der Waals surface area contributed by atoms with E-state index in [0.717, 1.165) is 11.4 Å². The maximum Gasteiger partial charge on any atom is 0.0438 e. The van der Waals surface area contributed by atoms with E-state index in [4.69, 9.17) is 11.6 Å². The molecule has 1 aromatic carbocycles. The molecule has 1 aromatic rings. The lowest BCUT2D eigenvalue weighted by Gasteiger charge is -2.41. The Balaban J connectivity index is 1.91. The van der Waals surface area contributed by atoms with E-state index in [1.807, 2.05) is 12.1 Å². The molecule has 1 N–H and O–H groups in total. The lowest BCUT2D eigenvalue weighted by atomic mass is 9.89. The number of benzene rings is 1. The molecule has 0 saturated carbocycles. The molecule has 2 rings (SSSR count). The summed E-state index contributed by atoms with van der Waals surface area (Å²) in [4.78, 5) is 2.46. The third-order valence-electron chi connectivity index (χ3n) is 4.59. The summed E-state index contributed by atoms with van der Waals surface area (Å²) in [5.41, 5.74) is 1.24. The second-order valence-electron chi connectivity index (χ2n) is 6.47. The van der Waals surface area contributed by atoms with Gasteiger partial charge in [0.25, 0.3) is 0 Å². The zero-order valence-electron chi connectivity index (χ0n) is 13.1. The fourth-order valence-corrected chi connectivity index (χ4v) is 3.40. The molecule has 1 aliphatic rings. The number of nitrogens with one attached hydrogen (secondary N) is 1. The van der Waals surface area contributed by atoms with Crippen molar-refractivity contribution in [3.05, 3.63) is 34.9 Å². The highest BCUT2D eigenvalue weighted by Crippen LogP contribution is 2.22. The van der Waals surface area contributed by atoms with Crippen LogP contribution in [-0.4, -0.2) is 36.6 Å². The van der Waals surface area contributed by atoms with Crippen molar-refractivity contribution in [1.29, 1.82) is 0 Å². The van der Waals surface area contributed by atoms with Crippen LogP contribution in [0.15, 0.2) is 24.3 Å². The minimum Gasteiger partial charge on any atom is -0.311 e. The second kappa shape index (κ2) is 6.93. The summed E-state index contributed by atoms with van der Waals surface area (Å²) in [7, 11) is 2.23. The Bertz CT molecular complexity index is 435. The summed E-state index contributed by atoms with van der Waals surface area (Å²) in [6.45, 7) is 8.11. The zero-order chi connectivity index (χ0) is 14.7. The van der Waals surface area contributed by atoms with Gasteiger partial charge in [-0.25, -0.2) is 0 Å². The van der Waals surface area contributed by atoms with Crippen molar-refractivity contribution in [2.24, 2.45) is 5.92 Å². The van der Waals surface area contributed by atoms with Crippen LogP contribution < -0.4 is 5.32 Å². The normalized spacial score (nSPS) is 29.4. The van der Waals surface area contributed by atoms with Crippen LogP contribution in [0.2, 0.25) is 5.02 Å². The number of rotatable bonds is 4. The van der Waals surface area contributed by atoms with Crippen molar-refractivity contribution in [3.63, 3.8) is 0 Å². The maximum absolute atomic E-state index is 6.25. The Hall–Kier alpha value is -0.570. The van der Waals surface area contributed by atoms with Crippen molar-refractivity contribution >= 4 is 11.6 Å². The van der Waals surface area contributed by atoms with Crippen LogP contribution in [0.4, 0.5) is 0 Å². The van der Waals surface area contributed by atoms with Crippen LogP contribution in [0.3, 0.4) is 0 Å². The molecule has 1 saturated heterocycles. The highest BCUT2D eigenvalue weighted by molar-refractivity contribution is 6.31. The van der Waals surface area contributed by atoms with E-state index in [0.29, 0.717) is 24.0 Å². The largest absolute Gasteiger partial charge is 0.311 e. The number of hydrogen-bond donors (Lipinski definition) is 1. The first-order chi connectivity index (χ1) is 9.47. The molecule has 2 nitrogen and oxygen atoms in total. The molecule has 4 atom stereocenters. The first-order valence-electron chi connectivity index (χ1n) is 7.67. The molecule has 0 radical (unpaired) electrons. The van der Waals surface area contributed by atoms with Gasteiger partial charge in [-0.1, -0.05) is 36.7 Å². The molecule has 0 spiro atoms. The molecule has 1 aliphatic heterocycles. The molecule has 1 heterocycles. The van der Waals surface area contributed by atoms with Gasteiger partial charge in [-0.3, -0.25) is 0 Å². The van der Waals surface area contributed by atoms with Crippen LogP contribution in [-0.2, 0) is 6.42 Å². The van der Waals surface area contributed by atoms with Gasteiger partial charge in [-0.05, 0) is 51.3 Å². The molecule has 3 heteroatoms. The molecule has 0 aromatic heterocycles. The quantitative estimate of drug-likeness (QED) is 0.913. The topological polar surface area (TPSA) is 15.3 Å². The van der Waals surface area contributed by atoms with E-state index in [1.54, 1.807) is 0 Å². The van der Waals surface area contributed by atoms with Crippen molar-refractivity contribution in [3.8, 4) is 0 Å². The molecule has 0 amide bonds. The minimum atomic E-state index is 0.456. The number of piperidine rings is 1. The summed E-state index contributed by atoms with van der Waals surface area (Å²) < 4.78 is 0. The smallest absolute Gasteiger partial charge is 0.0438 e. The molecule has 112 valence electrons. The van der Waals surface area contributed by atoms with E-state index in [9.17, 15) is 0 Å². The highest BCUT2D eigenvalue weighted by atomic mass is 35.5. The Morgan fingerprint density at radius 1 is 1.35 bits per heavy atom. The van der Waals surface area contributed by atoms with E-state index in [-0.39, 0.29) is 0 Å². The predicted molar refractivity (Wildman–Crippen MR) is 87.4 cm³/mol. The number of nitrogens with zero attached hydrogens (tertiary/aromatic N) is 1. The van der Waals surface area contributed by atoms with E-state index >= 15 is 0 Å². The molecule has 0 bridgehead atoms. The Kier molecular flexibility index (Phi) is 5.48. The van der Waals surface area contributed by atoms with Crippen LogP contribution in [0.5, 0.6) is 0 Å². The van der Waals surface area contributed by atoms with Gasteiger partial charge < -0.3 is 10.2 Å². The van der Waals surface area contributed by atoms with E-state index in [2.05, 4.69) is 50.2 Å². The number of likely N-dealkylation sites (tertiary alicyclic amines) is 1. The standard InChI is InChI=1S/C17H27ClN2/c1-12-11-20(4)14(3)10-17(12)19-13(2)9-15-7-5-6-8-16(15)18/h5-8,12-14,17,19H,9-11H2,1-4H3. The average Bonchev–Trinajstić information content (AvgIpc) is 2.39. The van der Waals surface area contributed by atoms with E-state index in [1.165, 1.54) is 18.5 Å². The van der Waals surface area contributed by atoms with Crippen LogP contribution >= 0.6 is 11.6 Å². The van der Waals surface area contributed by atoms with E-state index < -0.39 is 0 Å². The molecular weight excluding hydrogens is 268 g/mol. The predicted octanol–water partition coefficient (Wildman–Crippen LogP) is 3.59. The Morgan fingerprint density at radius 3 is 2.75 bits per heavy atom. The van der Waals surface area contributed by atoms with Crippen molar-refractivity contribution in [2.75, 3.05) is 13.6 Å². The van der Waals surface area contributed by atoms with Gasteiger partial charge in [-0.15, -0.1) is 0 Å². The van der Waals surface area contributed by atoms with Gasteiger partial charge in [0.1, 0.15) is 0 Å². The van der Waals surface area contributed by atoms with Crippen LogP contribution in [0.1, 0.15) is 32.8 Å². The molecule has 1 fully saturated rings. The maximum atomic E-state index is 6.25. The van der Waals surface area contributed by atoms with Gasteiger partial charge in [-0.2, -0.15) is 0 Å². The lowest BCUT2D eigenvalue weighted by molar-refractivity contribution is 0.116. The Labute approximate surface area is 128 Å². The average molecular weight is 295 g/mol. The Morgan fingerprint density at radius 2 is 2.05 bits per heavy atom. The summed E-state index contributed by atoms with van der Waals surface area (Å²) in [5, 5.41) is 4.69. The van der Waals surface area contributed by atoms with Gasteiger partial charge in [0.2, 0.25) is 0 Å². The van der Waals surface area contributed by atoms with Crippen molar-refractivity contribution in [1.82, 2.24) is 10.2 Å². The highest BCUT2D eigenvalue weighted by Gasteiger charge is 2.29. The van der Waals surface area contributed by atoms with Gasteiger partial charge in [0.15, 0.2) is 0 Å². The molecule has 0 aliphatic carbocycles. The number of hydrogen-bond acceptors (Lipinski definition) is 2. The SMILES string of the molecule is CC(Cc1ccccc1Cl)NC1CC(C)N(C)CC1C.